The highest BCUT2D eigenvalue weighted by molar-refractivity contribution is 6.34. The number of nitrogens with zero attached hydrogens (tertiary/aromatic N) is 2. The third-order valence-corrected chi connectivity index (χ3v) is 8.63. The van der Waals surface area contributed by atoms with Gasteiger partial charge in [0.05, 0.1) is 16.7 Å². The zero-order valence-corrected chi connectivity index (χ0v) is 25.0. The van der Waals surface area contributed by atoms with E-state index in [1.54, 1.807) is 27.0 Å². The molecule has 0 bridgehead atoms. The molecule has 2 amide bonds. The number of anilines is 1. The summed E-state index contributed by atoms with van der Waals surface area (Å²) >= 11 is 6.33. The van der Waals surface area contributed by atoms with Gasteiger partial charge < -0.3 is 25.0 Å². The second-order valence-corrected chi connectivity index (χ2v) is 12.0. The number of alkyl halides is 3. The fraction of sp³-hybridized carbons (Fsp3) is 0.548. The molecule has 230 valence electrons. The molecular formula is C31H39ClF3N3O4. The van der Waals surface area contributed by atoms with E-state index < -0.39 is 23.2 Å². The van der Waals surface area contributed by atoms with Crippen molar-refractivity contribution in [2.24, 2.45) is 11.8 Å². The number of rotatable bonds is 8. The van der Waals surface area contributed by atoms with Crippen molar-refractivity contribution >= 4 is 29.1 Å². The van der Waals surface area contributed by atoms with Crippen molar-refractivity contribution in [2.75, 3.05) is 38.1 Å². The summed E-state index contributed by atoms with van der Waals surface area (Å²) in [5.74, 6) is -0.638. The summed E-state index contributed by atoms with van der Waals surface area (Å²) in [6.07, 6.45) is -1.41. The number of hydrogen-bond acceptors (Lipinski definition) is 5. The van der Waals surface area contributed by atoms with Gasteiger partial charge in [-0.25, -0.2) is 0 Å². The number of ether oxygens (including phenoxy) is 1. The first kappa shape index (κ1) is 31.9. The van der Waals surface area contributed by atoms with Crippen molar-refractivity contribution in [3.63, 3.8) is 0 Å². The summed E-state index contributed by atoms with van der Waals surface area (Å²) in [4.78, 5) is 28.6. The van der Waals surface area contributed by atoms with Gasteiger partial charge in [0.15, 0.2) is 0 Å². The average molecular weight is 610 g/mol. The summed E-state index contributed by atoms with van der Waals surface area (Å²) in [5.41, 5.74) is -2.79. The summed E-state index contributed by atoms with van der Waals surface area (Å²) in [6, 6.07) is 10.5. The maximum absolute atomic E-state index is 14.3. The Morgan fingerprint density at radius 2 is 1.64 bits per heavy atom. The van der Waals surface area contributed by atoms with Crippen LogP contribution in [-0.2, 0) is 10.4 Å². The first-order chi connectivity index (χ1) is 19.8. The molecule has 4 rings (SSSR count). The van der Waals surface area contributed by atoms with Crippen LogP contribution in [0.1, 0.15) is 61.9 Å². The van der Waals surface area contributed by atoms with E-state index >= 15 is 0 Å². The number of aliphatic hydroxyl groups is 1. The molecule has 42 heavy (non-hydrogen) atoms. The number of piperidine rings is 2. The van der Waals surface area contributed by atoms with Crippen molar-refractivity contribution in [1.29, 1.82) is 0 Å². The molecule has 0 unspecified atom stereocenters. The van der Waals surface area contributed by atoms with Gasteiger partial charge in [-0.1, -0.05) is 23.7 Å². The van der Waals surface area contributed by atoms with E-state index in [0.29, 0.717) is 35.3 Å². The van der Waals surface area contributed by atoms with Crippen molar-refractivity contribution in [3.8, 4) is 5.75 Å². The number of amides is 2. The number of benzene rings is 2. The molecule has 0 spiro atoms. The number of carbonyl (C=O) groups excluding carboxylic acids is 2. The predicted octanol–water partition coefficient (Wildman–Crippen LogP) is 5.78. The first-order valence-electron chi connectivity index (χ1n) is 14.5. The molecule has 11 heteroatoms. The summed E-state index contributed by atoms with van der Waals surface area (Å²) < 4.78 is 48.3. The minimum Gasteiger partial charge on any atom is -0.491 e. The van der Waals surface area contributed by atoms with Gasteiger partial charge in [0.25, 0.3) is 17.4 Å². The topological polar surface area (TPSA) is 82.1 Å². The normalized spacial score (nSPS) is 18.6. The lowest BCUT2D eigenvalue weighted by atomic mass is 9.82. The Kier molecular flexibility index (Phi) is 9.98. The maximum atomic E-state index is 14.3. The van der Waals surface area contributed by atoms with Crippen LogP contribution in [0.25, 0.3) is 0 Å². The Bertz CT molecular complexity index is 1260. The predicted molar refractivity (Wildman–Crippen MR) is 156 cm³/mol. The van der Waals surface area contributed by atoms with E-state index in [9.17, 15) is 27.9 Å². The van der Waals surface area contributed by atoms with Crippen LogP contribution in [-0.4, -0.2) is 67.3 Å². The summed E-state index contributed by atoms with van der Waals surface area (Å²) in [5, 5.41) is 13.9. The summed E-state index contributed by atoms with van der Waals surface area (Å²) in [6.45, 7) is 5.50. The molecule has 7 nitrogen and oxygen atoms in total. The first-order valence-corrected chi connectivity index (χ1v) is 14.8. The molecule has 2 saturated heterocycles. The molecule has 0 saturated carbocycles. The number of halogens is 4. The van der Waals surface area contributed by atoms with Crippen LogP contribution in [0.4, 0.5) is 18.9 Å². The number of likely N-dealkylation sites (tertiary alicyclic amines) is 1. The second kappa shape index (κ2) is 13.1. The lowest BCUT2D eigenvalue weighted by Gasteiger charge is -2.40. The molecule has 0 aromatic heterocycles. The third kappa shape index (κ3) is 6.97. The largest absolute Gasteiger partial charge is 0.491 e. The summed E-state index contributed by atoms with van der Waals surface area (Å²) in [7, 11) is 1.56. The van der Waals surface area contributed by atoms with Gasteiger partial charge in [-0.15, -0.1) is 0 Å². The van der Waals surface area contributed by atoms with E-state index in [1.165, 1.54) is 12.1 Å². The van der Waals surface area contributed by atoms with Gasteiger partial charge >= 0.3 is 6.18 Å². The molecule has 2 N–H and O–H groups in total. The lowest BCUT2D eigenvalue weighted by Crippen LogP contribution is -2.57. The zero-order chi connectivity index (χ0) is 30.7. The number of hydrogen-bond donors (Lipinski definition) is 2. The molecule has 2 aromatic rings. The molecule has 2 heterocycles. The van der Waals surface area contributed by atoms with Crippen LogP contribution in [0, 0.1) is 11.8 Å². The minimum atomic E-state index is -5.20. The SMILES string of the molecule is CNC(=O)c1ccc(N2CCC(CC3CCN(C(=O)[C@](O)(c4cccc(OC(C)C)c4)C(F)(F)F)CC3)CC2)cc1Cl. The van der Waals surface area contributed by atoms with Crippen molar-refractivity contribution in [3.05, 3.63) is 58.6 Å². The van der Waals surface area contributed by atoms with Gasteiger partial charge in [-0.05, 0) is 88.1 Å². The fourth-order valence-electron chi connectivity index (χ4n) is 5.99. The van der Waals surface area contributed by atoms with Crippen LogP contribution < -0.4 is 15.0 Å². The van der Waals surface area contributed by atoms with Crippen LogP contribution in [0.3, 0.4) is 0 Å². The van der Waals surface area contributed by atoms with Crippen LogP contribution >= 0.6 is 11.6 Å². The molecule has 2 fully saturated rings. The van der Waals surface area contributed by atoms with Gasteiger partial charge in [0, 0.05) is 44.5 Å². The Morgan fingerprint density at radius 3 is 2.19 bits per heavy atom. The van der Waals surface area contributed by atoms with Gasteiger partial charge in [-0.3, -0.25) is 9.59 Å². The van der Waals surface area contributed by atoms with Gasteiger partial charge in [0.1, 0.15) is 5.75 Å². The van der Waals surface area contributed by atoms with E-state index in [1.807, 2.05) is 12.1 Å². The minimum absolute atomic E-state index is 0.159. The Balaban J connectivity index is 1.32. The Hall–Kier alpha value is -2.98. The quantitative estimate of drug-likeness (QED) is 0.396. The Morgan fingerprint density at radius 1 is 1.02 bits per heavy atom. The van der Waals surface area contributed by atoms with Crippen LogP contribution in [0.5, 0.6) is 5.75 Å². The van der Waals surface area contributed by atoms with Gasteiger partial charge in [-0.2, -0.15) is 13.2 Å². The highest BCUT2D eigenvalue weighted by Crippen LogP contribution is 2.42. The van der Waals surface area contributed by atoms with E-state index in [4.69, 9.17) is 16.3 Å². The molecule has 0 aliphatic carbocycles. The number of nitrogens with one attached hydrogen (secondary N) is 1. The second-order valence-electron chi connectivity index (χ2n) is 11.5. The molecular weight excluding hydrogens is 571 g/mol. The monoisotopic (exact) mass is 609 g/mol. The van der Waals surface area contributed by atoms with Crippen molar-refractivity contribution < 1.29 is 32.6 Å². The molecule has 1 atom stereocenters. The zero-order valence-electron chi connectivity index (χ0n) is 24.2. The van der Waals surface area contributed by atoms with Crippen LogP contribution in [0.2, 0.25) is 5.02 Å². The smallest absolute Gasteiger partial charge is 0.430 e. The molecule has 0 radical (unpaired) electrons. The third-order valence-electron chi connectivity index (χ3n) is 8.32. The highest BCUT2D eigenvalue weighted by atomic mass is 35.5. The maximum Gasteiger partial charge on any atom is 0.430 e. The highest BCUT2D eigenvalue weighted by Gasteiger charge is 2.62. The number of carbonyl (C=O) groups is 2. The van der Waals surface area contributed by atoms with Gasteiger partial charge in [0.2, 0.25) is 0 Å². The average Bonchev–Trinajstić information content (AvgIpc) is 2.96. The Labute approximate surface area is 250 Å². The van der Waals surface area contributed by atoms with Crippen molar-refractivity contribution in [2.45, 2.75) is 63.8 Å². The van der Waals surface area contributed by atoms with Crippen molar-refractivity contribution in [1.82, 2.24) is 10.2 Å². The van der Waals surface area contributed by atoms with E-state index in [2.05, 4.69) is 10.2 Å². The fourth-order valence-corrected chi connectivity index (χ4v) is 6.25. The lowest BCUT2D eigenvalue weighted by molar-refractivity contribution is -0.262. The van der Waals surface area contributed by atoms with Crippen LogP contribution in [0.15, 0.2) is 42.5 Å². The molecule has 2 aliphatic rings. The van der Waals surface area contributed by atoms with E-state index in [0.717, 1.165) is 55.1 Å². The standard InChI is InChI=1S/C31H39ClF3N3O4/c1-20(2)42-25-6-4-5-23(18-25)30(41,31(33,34)35)29(40)38-15-11-22(12-16-38)17-21-9-13-37(14-10-21)24-7-8-26(27(32)19-24)28(39)36-3/h4-8,18-22,41H,9-17H2,1-3H3,(H,36,39)/t30-/m1/s1. The van der Waals surface area contributed by atoms with E-state index in [-0.39, 0.29) is 30.9 Å². The molecule has 2 aliphatic heterocycles. The molecule has 2 aromatic carbocycles.